The number of aromatic nitrogens is 3. The van der Waals surface area contributed by atoms with E-state index in [-0.39, 0.29) is 11.6 Å². The van der Waals surface area contributed by atoms with Crippen LogP contribution in [0.25, 0.3) is 0 Å². The Kier molecular flexibility index (Phi) is 6.73. The summed E-state index contributed by atoms with van der Waals surface area (Å²) >= 11 is 0. The van der Waals surface area contributed by atoms with Crippen molar-refractivity contribution >= 4 is 5.96 Å². The van der Waals surface area contributed by atoms with Gasteiger partial charge in [0.2, 0.25) is 0 Å². The first-order valence-corrected chi connectivity index (χ1v) is 8.19. The summed E-state index contributed by atoms with van der Waals surface area (Å²) in [5.74, 6) is 1.58. The Morgan fingerprint density at radius 2 is 2.24 bits per heavy atom. The van der Waals surface area contributed by atoms with Crippen LogP contribution in [0, 0.1) is 5.82 Å². The van der Waals surface area contributed by atoms with Crippen molar-refractivity contribution in [1.29, 1.82) is 0 Å². The molecule has 136 valence electrons. The Balaban J connectivity index is 1.90. The summed E-state index contributed by atoms with van der Waals surface area (Å²) in [6, 6.07) is 4.96. The Hall–Kier alpha value is -2.64. The first-order valence-electron chi connectivity index (χ1n) is 8.19. The molecule has 0 bridgehead atoms. The van der Waals surface area contributed by atoms with Gasteiger partial charge in [0.05, 0.1) is 7.11 Å². The summed E-state index contributed by atoms with van der Waals surface area (Å²) in [6.45, 7) is 4.03. The summed E-state index contributed by atoms with van der Waals surface area (Å²) in [5, 5.41) is 11.3. The lowest BCUT2D eigenvalue weighted by Crippen LogP contribution is -2.39. The maximum atomic E-state index is 13.8. The zero-order valence-corrected chi connectivity index (χ0v) is 15.2. The smallest absolute Gasteiger partial charge is 0.193 e. The number of aryl methyl sites for hydroxylation is 1. The molecule has 0 saturated heterocycles. The Labute approximate surface area is 147 Å². The standard InChI is InChI=1S/C17H25FN6O/c1-5-16-22-21-12-24(16)9-8-20-17(19-2)23(3)11-13-6-7-15(25-4)14(18)10-13/h6-7,10,12H,5,8-9,11H2,1-4H3,(H,19,20). The van der Waals surface area contributed by atoms with Crippen molar-refractivity contribution in [3.63, 3.8) is 0 Å². The molecule has 0 aliphatic rings. The van der Waals surface area contributed by atoms with Crippen LogP contribution in [0.1, 0.15) is 18.3 Å². The zero-order valence-electron chi connectivity index (χ0n) is 15.2. The van der Waals surface area contributed by atoms with E-state index in [1.54, 1.807) is 19.4 Å². The SMILES string of the molecule is CCc1nncn1CCNC(=NC)N(C)Cc1ccc(OC)c(F)c1. The summed E-state index contributed by atoms with van der Waals surface area (Å²) in [4.78, 5) is 6.21. The van der Waals surface area contributed by atoms with Gasteiger partial charge >= 0.3 is 0 Å². The van der Waals surface area contributed by atoms with Crippen LogP contribution in [-0.4, -0.2) is 53.4 Å². The fourth-order valence-electron chi connectivity index (χ4n) is 2.57. The number of rotatable bonds is 7. The average molecular weight is 348 g/mol. The molecule has 25 heavy (non-hydrogen) atoms. The number of benzene rings is 1. The van der Waals surface area contributed by atoms with Gasteiger partial charge in [0.15, 0.2) is 17.5 Å². The van der Waals surface area contributed by atoms with E-state index in [4.69, 9.17) is 4.74 Å². The summed E-state index contributed by atoms with van der Waals surface area (Å²) in [7, 11) is 5.09. The van der Waals surface area contributed by atoms with Crippen LogP contribution >= 0.6 is 0 Å². The molecule has 7 nitrogen and oxygen atoms in total. The van der Waals surface area contributed by atoms with E-state index in [1.165, 1.54) is 13.2 Å². The minimum atomic E-state index is -0.365. The van der Waals surface area contributed by atoms with Crippen molar-refractivity contribution in [1.82, 2.24) is 25.0 Å². The highest BCUT2D eigenvalue weighted by molar-refractivity contribution is 5.79. The number of ether oxygens (including phenoxy) is 1. The highest BCUT2D eigenvalue weighted by Crippen LogP contribution is 2.18. The highest BCUT2D eigenvalue weighted by Gasteiger charge is 2.09. The van der Waals surface area contributed by atoms with Gasteiger partial charge in [-0.2, -0.15) is 0 Å². The van der Waals surface area contributed by atoms with Gasteiger partial charge < -0.3 is 19.5 Å². The molecule has 0 radical (unpaired) electrons. The number of methoxy groups -OCH3 is 1. The van der Waals surface area contributed by atoms with Crippen molar-refractivity contribution in [2.24, 2.45) is 4.99 Å². The molecule has 0 amide bonds. The van der Waals surface area contributed by atoms with Gasteiger partial charge in [0, 0.05) is 40.2 Å². The third kappa shape index (κ3) is 4.91. The first-order chi connectivity index (χ1) is 12.1. The van der Waals surface area contributed by atoms with E-state index >= 15 is 0 Å². The lowest BCUT2D eigenvalue weighted by molar-refractivity contribution is 0.385. The second kappa shape index (κ2) is 9.00. The average Bonchev–Trinajstić information content (AvgIpc) is 3.06. The molecule has 1 aromatic carbocycles. The molecule has 2 rings (SSSR count). The quantitative estimate of drug-likeness (QED) is 0.609. The maximum Gasteiger partial charge on any atom is 0.193 e. The lowest BCUT2D eigenvalue weighted by Gasteiger charge is -2.22. The molecular weight excluding hydrogens is 323 g/mol. The van der Waals surface area contributed by atoms with Gasteiger partial charge in [-0.15, -0.1) is 10.2 Å². The number of guanidine groups is 1. The summed E-state index contributed by atoms with van der Waals surface area (Å²) < 4.78 is 20.8. The Morgan fingerprint density at radius 1 is 1.44 bits per heavy atom. The van der Waals surface area contributed by atoms with E-state index in [0.717, 1.165) is 30.3 Å². The predicted molar refractivity (Wildman–Crippen MR) is 95.2 cm³/mol. The molecule has 1 aromatic heterocycles. The van der Waals surface area contributed by atoms with E-state index < -0.39 is 0 Å². The molecule has 0 atom stereocenters. The van der Waals surface area contributed by atoms with Crippen molar-refractivity contribution < 1.29 is 9.13 Å². The molecule has 0 unspecified atom stereocenters. The maximum absolute atomic E-state index is 13.8. The van der Waals surface area contributed by atoms with Gasteiger partial charge in [-0.3, -0.25) is 4.99 Å². The summed E-state index contributed by atoms with van der Waals surface area (Å²) in [6.07, 6.45) is 2.57. The topological polar surface area (TPSA) is 67.6 Å². The van der Waals surface area contributed by atoms with Gasteiger partial charge in [0.25, 0.3) is 0 Å². The van der Waals surface area contributed by atoms with Crippen LogP contribution < -0.4 is 10.1 Å². The molecule has 1 N–H and O–H groups in total. The van der Waals surface area contributed by atoms with Crippen molar-refractivity contribution in [2.45, 2.75) is 26.4 Å². The minimum absolute atomic E-state index is 0.245. The Bertz CT molecular complexity index is 715. The fourth-order valence-corrected chi connectivity index (χ4v) is 2.57. The van der Waals surface area contributed by atoms with Gasteiger partial charge in [0.1, 0.15) is 12.2 Å². The number of hydrogen-bond donors (Lipinski definition) is 1. The van der Waals surface area contributed by atoms with Gasteiger partial charge in [-0.1, -0.05) is 13.0 Å². The highest BCUT2D eigenvalue weighted by atomic mass is 19.1. The van der Waals surface area contributed by atoms with E-state index in [0.29, 0.717) is 13.1 Å². The third-order valence-electron chi connectivity index (χ3n) is 3.86. The van der Waals surface area contributed by atoms with Crippen LogP contribution in [0.3, 0.4) is 0 Å². The predicted octanol–water partition coefficient (Wildman–Crippen LogP) is 1.70. The van der Waals surface area contributed by atoms with Crippen molar-refractivity contribution in [2.75, 3.05) is 27.7 Å². The first kappa shape index (κ1) is 18.7. The van der Waals surface area contributed by atoms with Crippen LogP contribution in [-0.2, 0) is 19.5 Å². The van der Waals surface area contributed by atoms with Crippen LogP contribution in [0.2, 0.25) is 0 Å². The molecular formula is C17H25FN6O. The summed E-state index contributed by atoms with van der Waals surface area (Å²) in [5.41, 5.74) is 0.843. The number of nitrogens with zero attached hydrogens (tertiary/aromatic N) is 5. The van der Waals surface area contributed by atoms with Crippen molar-refractivity contribution in [3.05, 3.63) is 41.7 Å². The molecule has 1 heterocycles. The molecule has 0 fully saturated rings. The van der Waals surface area contributed by atoms with E-state index in [2.05, 4.69) is 27.4 Å². The molecule has 2 aromatic rings. The number of nitrogens with one attached hydrogen (secondary N) is 1. The van der Waals surface area contributed by atoms with Crippen molar-refractivity contribution in [3.8, 4) is 5.75 Å². The van der Waals surface area contributed by atoms with E-state index in [9.17, 15) is 4.39 Å². The van der Waals surface area contributed by atoms with Gasteiger partial charge in [-0.25, -0.2) is 4.39 Å². The normalized spacial score (nSPS) is 11.5. The van der Waals surface area contributed by atoms with Crippen LogP contribution in [0.15, 0.2) is 29.5 Å². The molecule has 0 spiro atoms. The van der Waals surface area contributed by atoms with E-state index in [1.807, 2.05) is 22.6 Å². The second-order valence-electron chi connectivity index (χ2n) is 5.59. The number of hydrogen-bond acceptors (Lipinski definition) is 4. The molecule has 0 saturated carbocycles. The molecule has 0 aliphatic carbocycles. The Morgan fingerprint density at radius 3 is 2.88 bits per heavy atom. The third-order valence-corrected chi connectivity index (χ3v) is 3.86. The monoisotopic (exact) mass is 348 g/mol. The lowest BCUT2D eigenvalue weighted by atomic mass is 10.2. The molecule has 0 aliphatic heterocycles. The minimum Gasteiger partial charge on any atom is -0.494 e. The number of aliphatic imine (C=N–C) groups is 1. The largest absolute Gasteiger partial charge is 0.494 e. The van der Waals surface area contributed by atoms with Gasteiger partial charge in [-0.05, 0) is 17.7 Å². The fraction of sp³-hybridized carbons (Fsp3) is 0.471. The van der Waals surface area contributed by atoms with Crippen LogP contribution in [0.4, 0.5) is 4.39 Å². The zero-order chi connectivity index (χ0) is 18.2. The molecule has 8 heteroatoms. The number of halogens is 1. The van der Waals surface area contributed by atoms with Crippen LogP contribution in [0.5, 0.6) is 5.75 Å². The second-order valence-corrected chi connectivity index (χ2v) is 5.59.